The van der Waals surface area contributed by atoms with E-state index >= 15 is 4.39 Å². The van der Waals surface area contributed by atoms with Crippen LogP contribution >= 0.6 is 27.3 Å². The number of benzene rings is 2. The number of halogens is 2. The van der Waals surface area contributed by atoms with Crippen molar-refractivity contribution in [2.24, 2.45) is 0 Å². The van der Waals surface area contributed by atoms with Crippen LogP contribution in [0.4, 0.5) is 4.39 Å². The maximum Gasteiger partial charge on any atom is 0.215 e. The first-order valence-corrected chi connectivity index (χ1v) is 14.5. The van der Waals surface area contributed by atoms with E-state index in [1.54, 1.807) is 30.5 Å². The van der Waals surface area contributed by atoms with Crippen LogP contribution in [0.5, 0.6) is 0 Å². The van der Waals surface area contributed by atoms with Gasteiger partial charge in [0.15, 0.2) is 0 Å². The second kappa shape index (κ2) is 9.59. The van der Waals surface area contributed by atoms with E-state index in [1.807, 2.05) is 24.3 Å². The molecule has 0 spiro atoms. The van der Waals surface area contributed by atoms with Crippen molar-refractivity contribution in [3.63, 3.8) is 0 Å². The maximum absolute atomic E-state index is 15.1. The number of hydrogen-bond acceptors (Lipinski definition) is 6. The summed E-state index contributed by atoms with van der Waals surface area (Å²) >= 11 is 4.77. The fourth-order valence-corrected chi connectivity index (χ4v) is 7.53. The van der Waals surface area contributed by atoms with Gasteiger partial charge in [0, 0.05) is 31.4 Å². The average Bonchev–Trinajstić information content (AvgIpc) is 3.63. The molecule has 1 unspecified atom stereocenters. The van der Waals surface area contributed by atoms with Gasteiger partial charge in [0.2, 0.25) is 10.0 Å². The Kier molecular flexibility index (Phi) is 6.78. The van der Waals surface area contributed by atoms with Crippen LogP contribution in [-0.2, 0) is 15.6 Å². The fraction of sp³-hybridized carbons (Fsp3) is 0.269. The summed E-state index contributed by atoms with van der Waals surface area (Å²) in [6.45, 7) is 1.09. The molecule has 4 aromatic rings. The van der Waals surface area contributed by atoms with Crippen LogP contribution in [0.1, 0.15) is 41.8 Å². The first-order chi connectivity index (χ1) is 17.1. The van der Waals surface area contributed by atoms with Gasteiger partial charge in [0.25, 0.3) is 0 Å². The highest BCUT2D eigenvalue weighted by Crippen LogP contribution is 2.42. The molecule has 1 aliphatic rings. The van der Waals surface area contributed by atoms with E-state index in [0.717, 1.165) is 15.6 Å². The van der Waals surface area contributed by atoms with Gasteiger partial charge in [0.05, 0.1) is 23.6 Å². The number of sulfonamides is 1. The summed E-state index contributed by atoms with van der Waals surface area (Å²) in [6, 6.07) is 14.6. The Morgan fingerprint density at radius 2 is 1.97 bits per heavy atom. The molecule has 36 heavy (non-hydrogen) atoms. The van der Waals surface area contributed by atoms with Crippen LogP contribution in [0.15, 0.2) is 65.3 Å². The van der Waals surface area contributed by atoms with E-state index in [9.17, 15) is 18.6 Å². The lowest BCUT2D eigenvalue weighted by Gasteiger charge is -2.21. The van der Waals surface area contributed by atoms with E-state index in [0.29, 0.717) is 33.4 Å². The molecule has 6 nitrogen and oxygen atoms in total. The Balaban J connectivity index is 1.65. The molecule has 5 rings (SSSR count). The summed E-state index contributed by atoms with van der Waals surface area (Å²) in [6.07, 6.45) is 2.76. The largest absolute Gasteiger partial charge is 0.393 e. The quantitative estimate of drug-likeness (QED) is 0.261. The zero-order valence-electron chi connectivity index (χ0n) is 19.3. The molecule has 3 N–H and O–H groups in total. The third-order valence-corrected chi connectivity index (χ3v) is 10.2. The van der Waals surface area contributed by atoms with Gasteiger partial charge in [0.1, 0.15) is 11.4 Å². The predicted molar refractivity (Wildman–Crippen MR) is 143 cm³/mol. The third kappa shape index (κ3) is 4.85. The van der Waals surface area contributed by atoms with Crippen molar-refractivity contribution >= 4 is 47.4 Å². The highest BCUT2D eigenvalue weighted by molar-refractivity contribution is 9.10. The standard InChI is InChI=1S/C26H24BrFN2O4S2/c1-26(32,14-31)16-10-11-29-21(13-16)18-5-2-4-15-12-22(35-25(15)18)24(30-36(33,34)17-8-9-17)23-19(27)6-3-7-20(23)28/h2-7,10-13,17,24,30-32H,8-9,14H2,1H3/t24?,26-/m0/s1. The highest BCUT2D eigenvalue weighted by atomic mass is 79.9. The Hall–Kier alpha value is -2.21. The second-order valence-electron chi connectivity index (χ2n) is 9.16. The minimum atomic E-state index is -3.64. The van der Waals surface area contributed by atoms with Gasteiger partial charge < -0.3 is 10.2 Å². The molecular formula is C26H24BrFN2O4S2. The van der Waals surface area contributed by atoms with Crippen LogP contribution in [0.25, 0.3) is 21.3 Å². The predicted octanol–water partition coefficient (Wildman–Crippen LogP) is 5.24. The smallest absolute Gasteiger partial charge is 0.215 e. The summed E-state index contributed by atoms with van der Waals surface area (Å²) in [5.74, 6) is -0.508. The summed E-state index contributed by atoms with van der Waals surface area (Å²) < 4.78 is 45.0. The Morgan fingerprint density at radius 3 is 2.67 bits per heavy atom. The molecule has 0 radical (unpaired) electrons. The Labute approximate surface area is 221 Å². The van der Waals surface area contributed by atoms with Crippen molar-refractivity contribution in [1.82, 2.24) is 9.71 Å². The topological polar surface area (TPSA) is 99.5 Å². The van der Waals surface area contributed by atoms with Crippen LogP contribution in [-0.4, -0.2) is 35.5 Å². The number of aliphatic hydroxyl groups excluding tert-OH is 1. The van der Waals surface area contributed by atoms with Crippen molar-refractivity contribution in [3.05, 3.63) is 87.1 Å². The molecule has 0 bridgehead atoms. The minimum absolute atomic E-state index is 0.231. The van der Waals surface area contributed by atoms with E-state index in [-0.39, 0.29) is 5.56 Å². The molecule has 2 aromatic carbocycles. The van der Waals surface area contributed by atoms with E-state index < -0.39 is 39.3 Å². The highest BCUT2D eigenvalue weighted by Gasteiger charge is 2.39. The Bertz CT molecular complexity index is 1530. The third-order valence-electron chi connectivity index (χ3n) is 6.35. The number of fused-ring (bicyclic) bond motifs is 1. The molecule has 1 fully saturated rings. The summed E-state index contributed by atoms with van der Waals surface area (Å²) in [5, 5.41) is 20.5. The van der Waals surface area contributed by atoms with Crippen LogP contribution in [0.3, 0.4) is 0 Å². The molecule has 0 saturated heterocycles. The minimum Gasteiger partial charge on any atom is -0.393 e. The zero-order chi connectivity index (χ0) is 25.7. The number of nitrogens with one attached hydrogen (secondary N) is 1. The maximum atomic E-state index is 15.1. The Morgan fingerprint density at radius 1 is 1.22 bits per heavy atom. The lowest BCUT2D eigenvalue weighted by Crippen LogP contribution is -2.32. The van der Waals surface area contributed by atoms with Gasteiger partial charge >= 0.3 is 0 Å². The number of nitrogens with zero attached hydrogens (tertiary/aromatic N) is 1. The lowest BCUT2D eigenvalue weighted by molar-refractivity contribution is -0.00230. The van der Waals surface area contributed by atoms with Gasteiger partial charge in [-0.25, -0.2) is 17.5 Å². The number of pyridine rings is 1. The zero-order valence-corrected chi connectivity index (χ0v) is 22.5. The van der Waals surface area contributed by atoms with Gasteiger partial charge in [-0.1, -0.05) is 40.2 Å². The SMILES string of the molecule is C[C@](O)(CO)c1ccnc(-c2cccc3cc(C(NS(=O)(=O)C4CC4)c4c(F)cccc4Br)sc23)c1. The van der Waals surface area contributed by atoms with Gasteiger partial charge in [-0.15, -0.1) is 11.3 Å². The first-order valence-electron chi connectivity index (χ1n) is 11.4. The first kappa shape index (κ1) is 25.4. The van der Waals surface area contributed by atoms with Crippen molar-refractivity contribution < 1.29 is 23.0 Å². The van der Waals surface area contributed by atoms with Crippen molar-refractivity contribution in [1.29, 1.82) is 0 Å². The van der Waals surface area contributed by atoms with Gasteiger partial charge in [-0.2, -0.15) is 0 Å². The molecular weight excluding hydrogens is 567 g/mol. The summed E-state index contributed by atoms with van der Waals surface area (Å²) in [7, 11) is -3.64. The van der Waals surface area contributed by atoms with E-state index in [4.69, 9.17) is 0 Å². The van der Waals surface area contributed by atoms with E-state index in [1.165, 1.54) is 24.3 Å². The van der Waals surface area contributed by atoms with Crippen molar-refractivity contribution in [3.8, 4) is 11.3 Å². The number of aliphatic hydroxyl groups is 2. The summed E-state index contributed by atoms with van der Waals surface area (Å²) in [4.78, 5) is 5.12. The molecule has 0 aliphatic heterocycles. The monoisotopic (exact) mass is 590 g/mol. The summed E-state index contributed by atoms with van der Waals surface area (Å²) in [5.41, 5.74) is 0.719. The molecule has 10 heteroatoms. The van der Waals surface area contributed by atoms with Gasteiger partial charge in [-0.05, 0) is 61.0 Å². The van der Waals surface area contributed by atoms with E-state index in [2.05, 4.69) is 25.6 Å². The average molecular weight is 592 g/mol. The number of rotatable bonds is 8. The molecule has 2 atom stereocenters. The van der Waals surface area contributed by atoms with Crippen molar-refractivity contribution in [2.45, 2.75) is 36.7 Å². The van der Waals surface area contributed by atoms with Gasteiger partial charge in [-0.3, -0.25) is 4.98 Å². The number of aromatic nitrogens is 1. The van der Waals surface area contributed by atoms with Crippen LogP contribution < -0.4 is 4.72 Å². The molecule has 0 amide bonds. The normalized spacial score (nSPS) is 16.7. The lowest BCUT2D eigenvalue weighted by atomic mass is 9.96. The fourth-order valence-electron chi connectivity index (χ4n) is 4.12. The van der Waals surface area contributed by atoms with Crippen LogP contribution in [0, 0.1) is 5.82 Å². The molecule has 1 aliphatic carbocycles. The number of hydrogen-bond donors (Lipinski definition) is 3. The molecule has 1 saturated carbocycles. The molecule has 2 aromatic heterocycles. The molecule has 188 valence electrons. The molecule has 2 heterocycles. The van der Waals surface area contributed by atoms with Crippen molar-refractivity contribution in [2.75, 3.05) is 6.61 Å². The number of thiophene rings is 1. The second-order valence-corrected chi connectivity index (χ2v) is 13.1. The van der Waals surface area contributed by atoms with Crippen LogP contribution in [0.2, 0.25) is 0 Å².